The summed E-state index contributed by atoms with van der Waals surface area (Å²) < 4.78 is 5.94. The molecule has 1 heterocycles. The van der Waals surface area contributed by atoms with E-state index in [4.69, 9.17) is 10.5 Å². The monoisotopic (exact) mass is 258 g/mol. The van der Waals surface area contributed by atoms with E-state index >= 15 is 0 Å². The second-order valence-corrected chi connectivity index (χ2v) is 4.23. The van der Waals surface area contributed by atoms with Crippen LogP contribution in [0, 0.1) is 5.92 Å². The fourth-order valence-corrected chi connectivity index (χ4v) is 1.77. The van der Waals surface area contributed by atoms with Crippen molar-refractivity contribution in [3.05, 3.63) is 22.3 Å². The number of pyridine rings is 1. The molecule has 78 valence electrons. The van der Waals surface area contributed by atoms with Gasteiger partial charge in [-0.2, -0.15) is 0 Å². The Kier molecular flexibility index (Phi) is 4.35. The van der Waals surface area contributed by atoms with Crippen LogP contribution >= 0.6 is 15.9 Å². The number of rotatable bonds is 4. The lowest BCUT2D eigenvalue weighted by molar-refractivity contribution is 0.394. The van der Waals surface area contributed by atoms with E-state index in [9.17, 15) is 0 Å². The third kappa shape index (κ3) is 2.96. The summed E-state index contributed by atoms with van der Waals surface area (Å²) in [5.41, 5.74) is 6.73. The molecule has 0 saturated carbocycles. The molecule has 0 fully saturated rings. The van der Waals surface area contributed by atoms with E-state index in [1.807, 2.05) is 12.3 Å². The smallest absolute Gasteiger partial charge is 0.227 e. The molecule has 3 nitrogen and oxygen atoms in total. The van der Waals surface area contributed by atoms with Gasteiger partial charge in [0.2, 0.25) is 5.88 Å². The molecule has 0 aromatic carbocycles. The number of methoxy groups -OCH3 is 1. The molecule has 0 radical (unpaired) electrons. The summed E-state index contributed by atoms with van der Waals surface area (Å²) in [6.45, 7) is 2.82. The molecule has 1 aromatic heterocycles. The maximum Gasteiger partial charge on any atom is 0.227 e. The van der Waals surface area contributed by atoms with Crippen molar-refractivity contribution >= 4 is 15.9 Å². The van der Waals surface area contributed by atoms with Crippen molar-refractivity contribution in [2.75, 3.05) is 13.7 Å². The Hall–Kier alpha value is -0.610. The number of halogens is 1. The summed E-state index contributed by atoms with van der Waals surface area (Å²) in [6, 6.07) is 2.03. The van der Waals surface area contributed by atoms with Gasteiger partial charge in [-0.15, -0.1) is 0 Å². The summed E-state index contributed by atoms with van der Waals surface area (Å²) in [7, 11) is 1.61. The van der Waals surface area contributed by atoms with Crippen molar-refractivity contribution in [3.8, 4) is 5.88 Å². The summed E-state index contributed by atoms with van der Waals surface area (Å²) in [4.78, 5) is 4.17. The van der Waals surface area contributed by atoms with Crippen molar-refractivity contribution in [2.45, 2.75) is 13.3 Å². The van der Waals surface area contributed by atoms with Crippen LogP contribution in [0.1, 0.15) is 12.5 Å². The minimum atomic E-state index is 0.483. The molecule has 1 rings (SSSR count). The molecule has 0 spiro atoms. The first-order valence-electron chi connectivity index (χ1n) is 4.55. The molecule has 4 heteroatoms. The molecule has 14 heavy (non-hydrogen) atoms. The van der Waals surface area contributed by atoms with Crippen LogP contribution in [0.4, 0.5) is 0 Å². The van der Waals surface area contributed by atoms with Gasteiger partial charge in [-0.25, -0.2) is 4.98 Å². The predicted molar refractivity (Wildman–Crippen MR) is 60.4 cm³/mol. The fourth-order valence-electron chi connectivity index (χ4n) is 1.21. The lowest BCUT2D eigenvalue weighted by Gasteiger charge is -2.09. The highest BCUT2D eigenvalue weighted by molar-refractivity contribution is 9.10. The normalized spacial score (nSPS) is 12.6. The maximum atomic E-state index is 5.56. The minimum absolute atomic E-state index is 0.483. The molecule has 1 atom stereocenters. The number of aromatic nitrogens is 1. The molecule has 1 aromatic rings. The Bertz CT molecular complexity index is 304. The minimum Gasteiger partial charge on any atom is -0.480 e. The number of nitrogens with zero attached hydrogens (tertiary/aromatic N) is 1. The fraction of sp³-hybridized carbons (Fsp3) is 0.500. The van der Waals surface area contributed by atoms with Crippen LogP contribution in [0.3, 0.4) is 0 Å². The van der Waals surface area contributed by atoms with Gasteiger partial charge in [-0.1, -0.05) is 6.92 Å². The largest absolute Gasteiger partial charge is 0.480 e. The van der Waals surface area contributed by atoms with Crippen molar-refractivity contribution in [1.29, 1.82) is 0 Å². The Morgan fingerprint density at radius 3 is 2.86 bits per heavy atom. The van der Waals surface area contributed by atoms with Crippen LogP contribution in [0.2, 0.25) is 0 Å². The molecular weight excluding hydrogens is 244 g/mol. The zero-order valence-corrected chi connectivity index (χ0v) is 10.0. The third-order valence-electron chi connectivity index (χ3n) is 2.04. The van der Waals surface area contributed by atoms with Gasteiger partial charge in [-0.05, 0) is 46.4 Å². The zero-order chi connectivity index (χ0) is 10.6. The second-order valence-electron chi connectivity index (χ2n) is 3.38. The predicted octanol–water partition coefficient (Wildman–Crippen LogP) is 1.99. The van der Waals surface area contributed by atoms with Gasteiger partial charge in [0.15, 0.2) is 0 Å². The Balaban J connectivity index is 2.76. The van der Waals surface area contributed by atoms with Crippen molar-refractivity contribution in [2.24, 2.45) is 11.7 Å². The van der Waals surface area contributed by atoms with E-state index in [0.29, 0.717) is 18.3 Å². The van der Waals surface area contributed by atoms with Crippen LogP contribution in [0.25, 0.3) is 0 Å². The maximum absolute atomic E-state index is 5.56. The van der Waals surface area contributed by atoms with E-state index in [0.717, 1.165) is 10.9 Å². The third-order valence-corrected chi connectivity index (χ3v) is 2.61. The first-order valence-corrected chi connectivity index (χ1v) is 5.35. The number of nitrogens with two attached hydrogens (primary N) is 1. The highest BCUT2D eigenvalue weighted by Crippen LogP contribution is 2.23. The van der Waals surface area contributed by atoms with Crippen LogP contribution < -0.4 is 10.5 Å². The first kappa shape index (κ1) is 11.5. The summed E-state index contributed by atoms with van der Waals surface area (Å²) in [6.07, 6.45) is 2.78. The summed E-state index contributed by atoms with van der Waals surface area (Å²) in [5.74, 6) is 1.10. The van der Waals surface area contributed by atoms with Crippen molar-refractivity contribution in [1.82, 2.24) is 4.98 Å². The van der Waals surface area contributed by atoms with Crippen LogP contribution in [-0.4, -0.2) is 18.6 Å². The second kappa shape index (κ2) is 5.32. The van der Waals surface area contributed by atoms with Gasteiger partial charge in [0.1, 0.15) is 0 Å². The van der Waals surface area contributed by atoms with Gasteiger partial charge < -0.3 is 10.5 Å². The molecular formula is C10H15BrN2O. The Morgan fingerprint density at radius 1 is 1.64 bits per heavy atom. The molecule has 1 unspecified atom stereocenters. The molecule has 2 N–H and O–H groups in total. The van der Waals surface area contributed by atoms with Gasteiger partial charge in [0, 0.05) is 6.20 Å². The van der Waals surface area contributed by atoms with E-state index in [1.54, 1.807) is 7.11 Å². The summed E-state index contributed by atoms with van der Waals surface area (Å²) >= 11 is 3.40. The van der Waals surface area contributed by atoms with Crippen LogP contribution in [0.5, 0.6) is 5.88 Å². The van der Waals surface area contributed by atoms with Crippen LogP contribution in [-0.2, 0) is 6.42 Å². The molecule has 0 amide bonds. The Labute approximate surface area is 92.8 Å². The number of hydrogen-bond acceptors (Lipinski definition) is 3. The SMILES string of the molecule is COc1ncc(CC(C)CN)cc1Br. The quantitative estimate of drug-likeness (QED) is 0.899. The van der Waals surface area contributed by atoms with Gasteiger partial charge in [0.05, 0.1) is 11.6 Å². The van der Waals surface area contributed by atoms with E-state index < -0.39 is 0 Å². The van der Waals surface area contributed by atoms with Crippen molar-refractivity contribution in [3.63, 3.8) is 0 Å². The lowest BCUT2D eigenvalue weighted by atomic mass is 10.0. The number of hydrogen-bond donors (Lipinski definition) is 1. The standard InChI is InChI=1S/C10H15BrN2O/c1-7(5-12)3-8-4-9(11)10(14-2)13-6-8/h4,6-7H,3,5,12H2,1-2H3. The number of ether oxygens (including phenoxy) is 1. The van der Waals surface area contributed by atoms with Gasteiger partial charge in [0.25, 0.3) is 0 Å². The lowest BCUT2D eigenvalue weighted by Crippen LogP contribution is -2.13. The Morgan fingerprint density at radius 2 is 2.36 bits per heavy atom. The van der Waals surface area contributed by atoms with Gasteiger partial charge in [-0.3, -0.25) is 0 Å². The molecule has 0 aliphatic heterocycles. The first-order chi connectivity index (χ1) is 6.67. The zero-order valence-electron chi connectivity index (χ0n) is 8.46. The summed E-state index contributed by atoms with van der Waals surface area (Å²) in [5, 5.41) is 0. The van der Waals surface area contributed by atoms with Gasteiger partial charge >= 0.3 is 0 Å². The van der Waals surface area contributed by atoms with Crippen LogP contribution in [0.15, 0.2) is 16.7 Å². The molecule has 0 aliphatic rings. The van der Waals surface area contributed by atoms with E-state index in [-0.39, 0.29) is 0 Å². The highest BCUT2D eigenvalue weighted by Gasteiger charge is 2.05. The average molecular weight is 259 g/mol. The molecule has 0 saturated heterocycles. The molecule has 0 bridgehead atoms. The van der Waals surface area contributed by atoms with Crippen molar-refractivity contribution < 1.29 is 4.74 Å². The average Bonchev–Trinajstić information content (AvgIpc) is 2.18. The van der Waals surface area contributed by atoms with E-state index in [1.165, 1.54) is 5.56 Å². The topological polar surface area (TPSA) is 48.1 Å². The molecule has 0 aliphatic carbocycles. The highest BCUT2D eigenvalue weighted by atomic mass is 79.9. The van der Waals surface area contributed by atoms with E-state index in [2.05, 4.69) is 27.8 Å².